The predicted molar refractivity (Wildman–Crippen MR) is 192 cm³/mol. The van der Waals surface area contributed by atoms with Crippen molar-refractivity contribution in [1.29, 1.82) is 0 Å². The van der Waals surface area contributed by atoms with Gasteiger partial charge in [-0.3, -0.25) is 14.4 Å². The summed E-state index contributed by atoms with van der Waals surface area (Å²) in [5, 5.41) is 14.9. The number of aromatic nitrogens is 2. The van der Waals surface area contributed by atoms with E-state index in [0.717, 1.165) is 76.3 Å². The molecule has 1 aromatic heterocycles. The summed E-state index contributed by atoms with van der Waals surface area (Å²) in [7, 11) is -3.75. The van der Waals surface area contributed by atoms with Gasteiger partial charge in [0.15, 0.2) is 0 Å². The Morgan fingerprint density at radius 2 is 1.76 bits per heavy atom. The van der Waals surface area contributed by atoms with Crippen LogP contribution in [0.1, 0.15) is 106 Å². The van der Waals surface area contributed by atoms with E-state index < -0.39 is 51.9 Å². The molecule has 0 radical (unpaired) electrons. The molecule has 2 saturated heterocycles. The number of halogens is 1. The fourth-order valence-corrected chi connectivity index (χ4v) is 8.40. The summed E-state index contributed by atoms with van der Waals surface area (Å²) < 4.78 is 39.5. The molecule has 0 spiro atoms. The third kappa shape index (κ3) is 11.8. The molecule has 51 heavy (non-hydrogen) atoms. The van der Waals surface area contributed by atoms with E-state index in [4.69, 9.17) is 20.8 Å². The molecule has 13 nitrogen and oxygen atoms in total. The quantitative estimate of drug-likeness (QED) is 0.199. The molecule has 0 bridgehead atoms. The molecule has 0 unspecified atom stereocenters. The van der Waals surface area contributed by atoms with Gasteiger partial charge in [-0.2, -0.15) is 0 Å². The molecule has 5 rings (SSSR count). The van der Waals surface area contributed by atoms with Gasteiger partial charge in [-0.25, -0.2) is 13.1 Å². The van der Waals surface area contributed by atoms with Crippen LogP contribution >= 0.6 is 11.6 Å². The third-order valence-corrected chi connectivity index (χ3v) is 11.3. The van der Waals surface area contributed by atoms with Crippen LogP contribution in [-0.2, 0) is 37.4 Å². The van der Waals surface area contributed by atoms with E-state index in [2.05, 4.69) is 25.6 Å². The maximum absolute atomic E-state index is 14.3. The molecule has 2 amide bonds. The first kappa shape index (κ1) is 39.3. The minimum absolute atomic E-state index is 0.0884. The SMILES string of the molecule is CCCc1nnc(C(=O)[C@H](CC2CCCCC2)NC(=O)[C@@H]2C[C@@H](OCc3ccc(Cl)cc3)CN2C(=O)[C@@H](CCC2CCNCC2)NS(C)(=O)=O)o1. The maximum Gasteiger partial charge on any atom is 0.286 e. The van der Waals surface area contributed by atoms with Crippen molar-refractivity contribution in [3.8, 4) is 0 Å². The average Bonchev–Trinajstić information content (AvgIpc) is 3.77. The minimum atomic E-state index is -3.75. The first-order valence-corrected chi connectivity index (χ1v) is 20.8. The normalized spacial score (nSPS) is 21.7. The number of hydrogen-bond donors (Lipinski definition) is 3. The number of sulfonamides is 1. The number of likely N-dealkylation sites (tertiary alicyclic amines) is 1. The highest BCUT2D eigenvalue weighted by Gasteiger charge is 2.44. The molecule has 3 N–H and O–H groups in total. The molecular weight excluding hydrogens is 696 g/mol. The van der Waals surface area contributed by atoms with Crippen molar-refractivity contribution in [2.75, 3.05) is 25.9 Å². The van der Waals surface area contributed by atoms with E-state index in [-0.39, 0.29) is 31.4 Å². The Morgan fingerprint density at radius 1 is 1.04 bits per heavy atom. The summed E-state index contributed by atoms with van der Waals surface area (Å²) in [4.78, 5) is 43.9. The Hall–Kier alpha value is -2.91. The van der Waals surface area contributed by atoms with E-state index in [0.29, 0.717) is 42.5 Å². The van der Waals surface area contributed by atoms with Crippen LogP contribution in [0, 0.1) is 11.8 Å². The van der Waals surface area contributed by atoms with Crippen LogP contribution in [0.25, 0.3) is 0 Å². The number of piperidine rings is 1. The fourth-order valence-electron chi connectivity index (χ4n) is 7.54. The molecule has 1 saturated carbocycles. The van der Waals surface area contributed by atoms with Crippen LogP contribution < -0.4 is 15.4 Å². The Labute approximate surface area is 306 Å². The summed E-state index contributed by atoms with van der Waals surface area (Å²) in [5.74, 6) is -0.604. The second kappa shape index (κ2) is 18.7. The highest BCUT2D eigenvalue weighted by atomic mass is 35.5. The fraction of sp³-hybridized carbons (Fsp3) is 0.694. The highest BCUT2D eigenvalue weighted by Crippen LogP contribution is 2.30. The lowest BCUT2D eigenvalue weighted by Gasteiger charge is -2.31. The van der Waals surface area contributed by atoms with Crippen molar-refractivity contribution < 1.29 is 32.0 Å². The highest BCUT2D eigenvalue weighted by molar-refractivity contribution is 7.88. The Bertz CT molecular complexity index is 1560. The van der Waals surface area contributed by atoms with E-state index in [1.807, 2.05) is 19.1 Å². The number of hydrogen-bond acceptors (Lipinski definition) is 10. The molecule has 3 heterocycles. The molecule has 4 atom stereocenters. The number of carbonyl (C=O) groups is 3. The zero-order chi connectivity index (χ0) is 36.4. The zero-order valence-electron chi connectivity index (χ0n) is 29.8. The molecule has 1 aromatic carbocycles. The Kier molecular flexibility index (Phi) is 14.4. The van der Waals surface area contributed by atoms with Gasteiger partial charge in [0, 0.05) is 24.4 Å². The number of nitrogens with one attached hydrogen (secondary N) is 3. The lowest BCUT2D eigenvalue weighted by molar-refractivity contribution is -0.140. The summed E-state index contributed by atoms with van der Waals surface area (Å²) in [5.41, 5.74) is 0.879. The van der Waals surface area contributed by atoms with E-state index in [1.165, 1.54) is 4.90 Å². The first-order chi connectivity index (χ1) is 24.5. The summed E-state index contributed by atoms with van der Waals surface area (Å²) in [6.07, 6.45) is 10.5. The molecule has 3 fully saturated rings. The number of ketones is 1. The summed E-state index contributed by atoms with van der Waals surface area (Å²) >= 11 is 6.06. The Morgan fingerprint density at radius 3 is 2.45 bits per heavy atom. The van der Waals surface area contributed by atoms with Gasteiger partial charge in [0.2, 0.25) is 33.5 Å². The van der Waals surface area contributed by atoms with Gasteiger partial charge < -0.3 is 24.7 Å². The molecule has 2 aromatic rings. The van der Waals surface area contributed by atoms with Gasteiger partial charge in [0.05, 0.1) is 25.0 Å². The largest absolute Gasteiger partial charge is 0.418 e. The van der Waals surface area contributed by atoms with Gasteiger partial charge >= 0.3 is 0 Å². The topological polar surface area (TPSA) is 173 Å². The lowest BCUT2D eigenvalue weighted by Crippen LogP contribution is -2.55. The van der Waals surface area contributed by atoms with Gasteiger partial charge in [-0.15, -0.1) is 10.2 Å². The standard InChI is InChI=1S/C36H53ClN6O7S/c1-3-7-32-40-41-35(50-32)33(44)30(20-25-8-5-4-6-9-25)39-34(45)31-21-28(49-23-26-10-13-27(37)14-11-26)22-43(31)36(46)29(42-51(2,47)48)15-12-24-16-18-38-19-17-24/h10-11,13-14,24-25,28-31,38,42H,3-9,12,15-23H2,1-2H3,(H,39,45)/t28-,29-,30+,31+/m1/s1. The molecule has 282 valence electrons. The molecule has 15 heteroatoms. The third-order valence-electron chi connectivity index (χ3n) is 10.3. The molecule has 1 aliphatic carbocycles. The molecular formula is C36H53ClN6O7S. The average molecular weight is 749 g/mol. The van der Waals surface area contributed by atoms with Crippen molar-refractivity contribution in [3.05, 3.63) is 46.6 Å². The van der Waals surface area contributed by atoms with Gasteiger partial charge in [-0.05, 0) is 81.1 Å². The second-order valence-corrected chi connectivity index (χ2v) is 16.6. The van der Waals surface area contributed by atoms with Crippen LogP contribution in [-0.4, -0.2) is 91.2 Å². The monoisotopic (exact) mass is 748 g/mol. The first-order valence-electron chi connectivity index (χ1n) is 18.5. The number of Topliss-reactive ketones (excluding diaryl/α,β-unsaturated/α-hetero) is 1. The van der Waals surface area contributed by atoms with Crippen LogP contribution in [0.2, 0.25) is 5.02 Å². The van der Waals surface area contributed by atoms with Crippen LogP contribution in [0.4, 0.5) is 0 Å². The van der Waals surface area contributed by atoms with Gasteiger partial charge in [0.1, 0.15) is 12.1 Å². The van der Waals surface area contributed by atoms with Crippen LogP contribution in [0.15, 0.2) is 28.7 Å². The number of nitrogens with zero attached hydrogens (tertiary/aromatic N) is 3. The van der Waals surface area contributed by atoms with E-state index in [9.17, 15) is 22.8 Å². The van der Waals surface area contributed by atoms with Crippen molar-refractivity contribution in [2.45, 2.75) is 121 Å². The number of benzene rings is 1. The number of carbonyl (C=O) groups excluding carboxylic acids is 3. The number of aryl methyl sites for hydroxylation is 1. The molecule has 3 aliphatic rings. The number of amides is 2. The van der Waals surface area contributed by atoms with Gasteiger partial charge in [0.25, 0.3) is 5.89 Å². The van der Waals surface area contributed by atoms with E-state index in [1.54, 1.807) is 12.1 Å². The Balaban J connectivity index is 1.37. The van der Waals surface area contributed by atoms with Crippen LogP contribution in [0.5, 0.6) is 0 Å². The maximum atomic E-state index is 14.3. The van der Waals surface area contributed by atoms with Gasteiger partial charge in [-0.1, -0.05) is 62.8 Å². The smallest absolute Gasteiger partial charge is 0.286 e. The summed E-state index contributed by atoms with van der Waals surface area (Å²) in [6.45, 7) is 4.06. The predicted octanol–water partition coefficient (Wildman–Crippen LogP) is 4.20. The minimum Gasteiger partial charge on any atom is -0.418 e. The second-order valence-electron chi connectivity index (χ2n) is 14.4. The van der Waals surface area contributed by atoms with E-state index >= 15 is 0 Å². The van der Waals surface area contributed by atoms with Crippen molar-refractivity contribution >= 4 is 39.2 Å². The zero-order valence-corrected chi connectivity index (χ0v) is 31.4. The summed E-state index contributed by atoms with van der Waals surface area (Å²) in [6, 6.07) is 4.27. The lowest BCUT2D eigenvalue weighted by atomic mass is 9.84. The number of rotatable bonds is 17. The molecule has 2 aliphatic heterocycles. The number of ether oxygens (including phenoxy) is 1. The van der Waals surface area contributed by atoms with Crippen molar-refractivity contribution in [2.24, 2.45) is 11.8 Å². The van der Waals surface area contributed by atoms with Crippen molar-refractivity contribution in [1.82, 2.24) is 30.5 Å². The van der Waals surface area contributed by atoms with Crippen LogP contribution in [0.3, 0.4) is 0 Å². The van der Waals surface area contributed by atoms with Crippen molar-refractivity contribution in [3.63, 3.8) is 0 Å².